The van der Waals surface area contributed by atoms with Gasteiger partial charge in [-0.25, -0.2) is 4.72 Å². The zero-order valence-electron chi connectivity index (χ0n) is 14.6. The maximum atomic E-state index is 12.0. The third kappa shape index (κ3) is 5.15. The molecule has 1 heterocycles. The van der Waals surface area contributed by atoms with Gasteiger partial charge in [0.1, 0.15) is 5.75 Å². The summed E-state index contributed by atoms with van der Waals surface area (Å²) in [5.41, 5.74) is 1.06. The largest absolute Gasteiger partial charge is 0.494 e. The molecule has 24 heavy (non-hydrogen) atoms. The van der Waals surface area contributed by atoms with E-state index < -0.39 is 10.2 Å². The molecule has 1 unspecified atom stereocenters. The molecule has 8 heteroatoms. The molecule has 136 valence electrons. The van der Waals surface area contributed by atoms with Crippen LogP contribution in [0.3, 0.4) is 0 Å². The topological polar surface area (TPSA) is 71.1 Å². The normalized spacial score (nSPS) is 17.8. The average Bonchev–Trinajstić information content (AvgIpc) is 2.57. The zero-order chi connectivity index (χ0) is 17.6. The summed E-state index contributed by atoms with van der Waals surface area (Å²) < 4.78 is 38.8. The summed E-state index contributed by atoms with van der Waals surface area (Å²) in [4.78, 5) is 2.25. The highest BCUT2D eigenvalue weighted by molar-refractivity contribution is 7.87. The number of morpholine rings is 1. The molecule has 1 N–H and O–H groups in total. The molecule has 0 bridgehead atoms. The van der Waals surface area contributed by atoms with Gasteiger partial charge in [0.25, 0.3) is 10.2 Å². The van der Waals surface area contributed by atoms with Crippen LogP contribution in [0.5, 0.6) is 5.75 Å². The van der Waals surface area contributed by atoms with Crippen LogP contribution in [-0.2, 0) is 14.9 Å². The molecule has 1 aromatic rings. The monoisotopic (exact) mass is 357 g/mol. The minimum Gasteiger partial charge on any atom is -0.494 e. The average molecular weight is 357 g/mol. The van der Waals surface area contributed by atoms with Crippen molar-refractivity contribution in [3.8, 4) is 5.75 Å². The summed E-state index contributed by atoms with van der Waals surface area (Å²) in [6.07, 6.45) is 0. The Bertz CT molecular complexity index is 598. The molecule has 0 saturated carbocycles. The Morgan fingerprint density at radius 2 is 1.88 bits per heavy atom. The van der Waals surface area contributed by atoms with E-state index in [0.29, 0.717) is 26.4 Å². The molecule has 0 amide bonds. The lowest BCUT2D eigenvalue weighted by atomic mass is 10.0. The van der Waals surface area contributed by atoms with Gasteiger partial charge in [0.15, 0.2) is 0 Å². The molecule has 0 spiro atoms. The van der Waals surface area contributed by atoms with Gasteiger partial charge in [-0.1, -0.05) is 12.1 Å². The van der Waals surface area contributed by atoms with E-state index in [-0.39, 0.29) is 6.04 Å². The van der Waals surface area contributed by atoms with Crippen molar-refractivity contribution in [3.05, 3.63) is 29.8 Å². The van der Waals surface area contributed by atoms with E-state index in [1.807, 2.05) is 31.2 Å². The number of ether oxygens (including phenoxy) is 2. The molecule has 1 fully saturated rings. The highest BCUT2D eigenvalue weighted by Crippen LogP contribution is 2.24. The van der Waals surface area contributed by atoms with Gasteiger partial charge in [-0.05, 0) is 24.6 Å². The fraction of sp³-hybridized carbons (Fsp3) is 0.625. The molecule has 1 aliphatic rings. The second kappa shape index (κ2) is 8.77. The van der Waals surface area contributed by atoms with Crippen LogP contribution >= 0.6 is 0 Å². The predicted molar refractivity (Wildman–Crippen MR) is 93.4 cm³/mol. The van der Waals surface area contributed by atoms with Gasteiger partial charge in [0, 0.05) is 39.8 Å². The van der Waals surface area contributed by atoms with Gasteiger partial charge in [0.2, 0.25) is 0 Å². The molecule has 0 aromatic heterocycles. The van der Waals surface area contributed by atoms with Crippen molar-refractivity contribution in [1.29, 1.82) is 0 Å². The summed E-state index contributed by atoms with van der Waals surface area (Å²) in [7, 11) is -0.422. The summed E-state index contributed by atoms with van der Waals surface area (Å²) in [5, 5.41) is 0. The number of benzene rings is 1. The molecule has 1 atom stereocenters. The Kier molecular flexibility index (Phi) is 7.00. The van der Waals surface area contributed by atoms with Crippen molar-refractivity contribution in [1.82, 2.24) is 13.9 Å². The zero-order valence-corrected chi connectivity index (χ0v) is 15.4. The van der Waals surface area contributed by atoms with E-state index in [4.69, 9.17) is 9.47 Å². The van der Waals surface area contributed by atoms with E-state index in [2.05, 4.69) is 9.62 Å². The van der Waals surface area contributed by atoms with Crippen LogP contribution in [-0.4, -0.2) is 71.2 Å². The molecule has 7 nitrogen and oxygen atoms in total. The van der Waals surface area contributed by atoms with E-state index in [1.54, 1.807) is 0 Å². The number of nitrogens with zero attached hydrogens (tertiary/aromatic N) is 2. The van der Waals surface area contributed by atoms with Gasteiger partial charge in [0.05, 0.1) is 19.8 Å². The molecule has 1 aliphatic heterocycles. The lowest BCUT2D eigenvalue weighted by Gasteiger charge is -2.35. The van der Waals surface area contributed by atoms with Crippen LogP contribution in [0.25, 0.3) is 0 Å². The van der Waals surface area contributed by atoms with Crippen LogP contribution in [0.1, 0.15) is 18.5 Å². The van der Waals surface area contributed by atoms with E-state index >= 15 is 0 Å². The first-order valence-electron chi connectivity index (χ1n) is 8.15. The van der Waals surface area contributed by atoms with Crippen LogP contribution in [0.2, 0.25) is 0 Å². The van der Waals surface area contributed by atoms with Crippen molar-refractivity contribution in [3.63, 3.8) is 0 Å². The van der Waals surface area contributed by atoms with Crippen LogP contribution in [0.15, 0.2) is 24.3 Å². The highest BCUT2D eigenvalue weighted by atomic mass is 32.2. The molecule has 0 radical (unpaired) electrons. The van der Waals surface area contributed by atoms with Crippen LogP contribution in [0, 0.1) is 0 Å². The minimum atomic E-state index is -3.46. The third-order valence-electron chi connectivity index (χ3n) is 4.00. The Morgan fingerprint density at radius 1 is 1.25 bits per heavy atom. The molecule has 1 saturated heterocycles. The number of nitrogens with one attached hydrogen (secondary N) is 1. The second-order valence-electron chi connectivity index (χ2n) is 5.80. The Balaban J connectivity index is 2.15. The lowest BCUT2D eigenvalue weighted by molar-refractivity contribution is 0.0171. The molecular formula is C16H27N3O4S. The SMILES string of the molecule is CCOc1ccc(C(CNS(=O)(=O)N(C)C)N2CCOCC2)cc1. The summed E-state index contributed by atoms with van der Waals surface area (Å²) in [6.45, 7) is 5.76. The second-order valence-corrected chi connectivity index (χ2v) is 7.77. The quantitative estimate of drug-likeness (QED) is 0.747. The highest BCUT2D eigenvalue weighted by Gasteiger charge is 2.25. The Labute approximate surface area is 144 Å². The standard InChI is InChI=1S/C16H27N3O4S/c1-4-23-15-7-5-14(6-8-15)16(19-9-11-22-12-10-19)13-17-24(20,21)18(2)3/h5-8,16-17H,4,9-13H2,1-3H3. The van der Waals surface area contributed by atoms with Gasteiger partial charge in [-0.15, -0.1) is 0 Å². The van der Waals surface area contributed by atoms with Gasteiger partial charge >= 0.3 is 0 Å². The molecule has 1 aromatic carbocycles. The van der Waals surface area contributed by atoms with Crippen LogP contribution in [0.4, 0.5) is 0 Å². The van der Waals surface area contributed by atoms with E-state index in [9.17, 15) is 8.42 Å². The van der Waals surface area contributed by atoms with E-state index in [1.165, 1.54) is 18.4 Å². The van der Waals surface area contributed by atoms with Crippen molar-refractivity contribution >= 4 is 10.2 Å². The minimum absolute atomic E-state index is 0.0423. The molecule has 2 rings (SSSR count). The Morgan fingerprint density at radius 3 is 2.42 bits per heavy atom. The first-order chi connectivity index (χ1) is 11.4. The number of hydrogen-bond acceptors (Lipinski definition) is 5. The van der Waals surface area contributed by atoms with Crippen molar-refractivity contribution < 1.29 is 17.9 Å². The van der Waals surface area contributed by atoms with Gasteiger partial charge in [-0.3, -0.25) is 4.90 Å². The number of rotatable bonds is 8. The van der Waals surface area contributed by atoms with Gasteiger partial charge in [-0.2, -0.15) is 12.7 Å². The van der Waals surface area contributed by atoms with Crippen LogP contribution < -0.4 is 9.46 Å². The Hall–Kier alpha value is -1.19. The number of hydrogen-bond donors (Lipinski definition) is 1. The third-order valence-corrected chi connectivity index (χ3v) is 5.50. The maximum absolute atomic E-state index is 12.0. The predicted octanol–water partition coefficient (Wildman–Crippen LogP) is 0.855. The van der Waals surface area contributed by atoms with Crippen molar-refractivity contribution in [2.24, 2.45) is 0 Å². The van der Waals surface area contributed by atoms with E-state index in [0.717, 1.165) is 24.4 Å². The first kappa shape index (κ1) is 19.1. The fourth-order valence-corrected chi connectivity index (χ4v) is 3.24. The van der Waals surface area contributed by atoms with Crippen molar-refractivity contribution in [2.45, 2.75) is 13.0 Å². The maximum Gasteiger partial charge on any atom is 0.278 e. The summed E-state index contributed by atoms with van der Waals surface area (Å²) >= 11 is 0. The molecular weight excluding hydrogens is 330 g/mol. The summed E-state index contributed by atoms with van der Waals surface area (Å²) in [5.74, 6) is 0.816. The lowest BCUT2D eigenvalue weighted by Crippen LogP contribution is -2.45. The molecule has 0 aliphatic carbocycles. The summed E-state index contributed by atoms with van der Waals surface area (Å²) in [6, 6.07) is 7.79. The first-order valence-corrected chi connectivity index (χ1v) is 9.59. The smallest absolute Gasteiger partial charge is 0.278 e. The van der Waals surface area contributed by atoms with Crippen molar-refractivity contribution in [2.75, 3.05) is 53.6 Å². The van der Waals surface area contributed by atoms with Gasteiger partial charge < -0.3 is 9.47 Å². The fourth-order valence-electron chi connectivity index (χ4n) is 2.61.